The number of ether oxygens (including phenoxy) is 1. The predicted octanol–water partition coefficient (Wildman–Crippen LogP) is 2.14. The first-order valence-electron chi connectivity index (χ1n) is 6.77. The lowest BCUT2D eigenvalue weighted by Crippen LogP contribution is -2.34. The first-order chi connectivity index (χ1) is 9.33. The van der Waals surface area contributed by atoms with Gasteiger partial charge in [0, 0.05) is 31.0 Å². The molecule has 0 radical (unpaired) electrons. The minimum atomic E-state index is 0.309. The van der Waals surface area contributed by atoms with E-state index >= 15 is 0 Å². The molecular formula is C15H19N3O. The summed E-state index contributed by atoms with van der Waals surface area (Å²) < 4.78 is 7.45. The summed E-state index contributed by atoms with van der Waals surface area (Å²) in [5, 5.41) is 7.93. The molecule has 1 aromatic carbocycles. The molecule has 2 aromatic rings. The van der Waals surface area contributed by atoms with Crippen molar-refractivity contribution in [2.45, 2.75) is 32.0 Å². The maximum Gasteiger partial charge on any atom is 0.0700 e. The van der Waals surface area contributed by atoms with Crippen molar-refractivity contribution in [1.29, 1.82) is 0 Å². The normalized spacial score (nSPS) is 22.8. The van der Waals surface area contributed by atoms with Crippen molar-refractivity contribution < 1.29 is 4.74 Å². The van der Waals surface area contributed by atoms with Crippen LogP contribution in [0, 0.1) is 0 Å². The number of nitrogens with one attached hydrogen (secondary N) is 1. The Balaban J connectivity index is 1.62. The molecule has 100 valence electrons. The van der Waals surface area contributed by atoms with Crippen molar-refractivity contribution in [3.05, 3.63) is 48.3 Å². The van der Waals surface area contributed by atoms with Crippen LogP contribution in [0.3, 0.4) is 0 Å². The van der Waals surface area contributed by atoms with Crippen LogP contribution in [0.15, 0.2) is 42.7 Å². The zero-order chi connectivity index (χ0) is 13.1. The fraction of sp³-hybridized carbons (Fsp3) is 0.400. The van der Waals surface area contributed by atoms with Crippen LogP contribution in [0.1, 0.15) is 18.9 Å². The van der Waals surface area contributed by atoms with Gasteiger partial charge < -0.3 is 10.1 Å². The van der Waals surface area contributed by atoms with E-state index in [1.54, 1.807) is 0 Å². The van der Waals surface area contributed by atoms with Crippen LogP contribution < -0.4 is 5.32 Å². The molecule has 4 heteroatoms. The Hall–Kier alpha value is -1.65. The molecule has 1 N–H and O–H groups in total. The lowest BCUT2D eigenvalue weighted by atomic mass is 10.1. The van der Waals surface area contributed by atoms with Crippen LogP contribution in [0.5, 0.6) is 0 Å². The van der Waals surface area contributed by atoms with Gasteiger partial charge >= 0.3 is 0 Å². The predicted molar refractivity (Wildman–Crippen MR) is 74.2 cm³/mol. The summed E-state index contributed by atoms with van der Waals surface area (Å²) in [5.74, 6) is 0. The van der Waals surface area contributed by atoms with Gasteiger partial charge in [-0.3, -0.25) is 0 Å². The minimum absolute atomic E-state index is 0.309. The number of hydrogen-bond donors (Lipinski definition) is 1. The van der Waals surface area contributed by atoms with E-state index in [2.05, 4.69) is 35.7 Å². The highest BCUT2D eigenvalue weighted by Gasteiger charge is 2.23. The van der Waals surface area contributed by atoms with Crippen LogP contribution >= 0.6 is 0 Å². The number of aromatic nitrogens is 2. The highest BCUT2D eigenvalue weighted by molar-refractivity contribution is 5.30. The molecule has 2 atom stereocenters. The topological polar surface area (TPSA) is 39.1 Å². The smallest absolute Gasteiger partial charge is 0.0700 e. The van der Waals surface area contributed by atoms with E-state index in [-0.39, 0.29) is 0 Å². The average molecular weight is 257 g/mol. The van der Waals surface area contributed by atoms with Crippen molar-refractivity contribution >= 4 is 0 Å². The molecule has 1 aliphatic heterocycles. The summed E-state index contributed by atoms with van der Waals surface area (Å²) in [6, 6.07) is 10.6. The van der Waals surface area contributed by atoms with E-state index in [1.165, 1.54) is 5.56 Å². The number of rotatable bonds is 4. The lowest BCUT2D eigenvalue weighted by Gasteiger charge is -2.14. The van der Waals surface area contributed by atoms with E-state index in [4.69, 9.17) is 4.74 Å². The minimum Gasteiger partial charge on any atom is -0.377 e. The van der Waals surface area contributed by atoms with Crippen molar-refractivity contribution in [1.82, 2.24) is 15.1 Å². The van der Waals surface area contributed by atoms with E-state index < -0.39 is 0 Å². The average Bonchev–Trinajstić information content (AvgIpc) is 3.06. The van der Waals surface area contributed by atoms with E-state index in [9.17, 15) is 0 Å². The molecule has 1 fully saturated rings. The van der Waals surface area contributed by atoms with Gasteiger partial charge in [-0.1, -0.05) is 18.2 Å². The van der Waals surface area contributed by atoms with E-state index in [0.29, 0.717) is 12.1 Å². The summed E-state index contributed by atoms with van der Waals surface area (Å²) in [6.07, 6.45) is 5.39. The third-order valence-electron chi connectivity index (χ3n) is 3.60. The third kappa shape index (κ3) is 2.85. The quantitative estimate of drug-likeness (QED) is 0.912. The van der Waals surface area contributed by atoms with Crippen LogP contribution in [0.2, 0.25) is 0 Å². The van der Waals surface area contributed by atoms with Gasteiger partial charge in [-0.2, -0.15) is 5.10 Å². The highest BCUT2D eigenvalue weighted by Crippen LogP contribution is 2.14. The molecular weight excluding hydrogens is 238 g/mol. The summed E-state index contributed by atoms with van der Waals surface area (Å²) in [6.45, 7) is 3.82. The molecule has 0 amide bonds. The van der Waals surface area contributed by atoms with Gasteiger partial charge in [0.2, 0.25) is 0 Å². The maximum absolute atomic E-state index is 5.55. The van der Waals surface area contributed by atoms with Gasteiger partial charge in [0.15, 0.2) is 0 Å². The van der Waals surface area contributed by atoms with Gasteiger partial charge in [-0.25, -0.2) is 4.68 Å². The van der Waals surface area contributed by atoms with Gasteiger partial charge in [-0.05, 0) is 25.5 Å². The molecule has 1 aliphatic rings. The van der Waals surface area contributed by atoms with Gasteiger partial charge in [0.05, 0.1) is 18.0 Å². The number of nitrogens with zero attached hydrogens (tertiary/aromatic N) is 2. The van der Waals surface area contributed by atoms with Crippen LogP contribution in [0.4, 0.5) is 0 Å². The Labute approximate surface area is 113 Å². The maximum atomic E-state index is 5.55. The van der Waals surface area contributed by atoms with Crippen molar-refractivity contribution in [3.63, 3.8) is 0 Å². The molecule has 3 rings (SSSR count). The van der Waals surface area contributed by atoms with Crippen LogP contribution in [0.25, 0.3) is 5.69 Å². The number of para-hydroxylation sites is 1. The number of benzene rings is 1. The standard InChI is InChI=1S/C15H19N3O/c1-12-15(7-8-19-12)16-9-13-10-17-18(11-13)14-5-3-2-4-6-14/h2-6,10-12,15-16H,7-9H2,1H3. The second kappa shape index (κ2) is 5.55. The summed E-state index contributed by atoms with van der Waals surface area (Å²) in [7, 11) is 0. The summed E-state index contributed by atoms with van der Waals surface area (Å²) >= 11 is 0. The van der Waals surface area contributed by atoms with E-state index in [0.717, 1.165) is 25.3 Å². The molecule has 0 saturated carbocycles. The zero-order valence-corrected chi connectivity index (χ0v) is 11.1. The largest absolute Gasteiger partial charge is 0.377 e. The lowest BCUT2D eigenvalue weighted by molar-refractivity contribution is 0.113. The molecule has 0 aliphatic carbocycles. The van der Waals surface area contributed by atoms with Crippen LogP contribution in [-0.4, -0.2) is 28.5 Å². The molecule has 0 spiro atoms. The second-order valence-electron chi connectivity index (χ2n) is 4.98. The first kappa shape index (κ1) is 12.4. The summed E-state index contributed by atoms with van der Waals surface area (Å²) in [4.78, 5) is 0. The Morgan fingerprint density at radius 1 is 1.37 bits per heavy atom. The third-order valence-corrected chi connectivity index (χ3v) is 3.60. The summed E-state index contributed by atoms with van der Waals surface area (Å²) in [5.41, 5.74) is 2.29. The Morgan fingerprint density at radius 2 is 2.21 bits per heavy atom. The Morgan fingerprint density at radius 3 is 2.95 bits per heavy atom. The fourth-order valence-corrected chi connectivity index (χ4v) is 2.42. The van der Waals surface area contributed by atoms with Gasteiger partial charge in [0.1, 0.15) is 0 Å². The molecule has 1 aromatic heterocycles. The molecule has 0 bridgehead atoms. The van der Waals surface area contributed by atoms with Gasteiger partial charge in [0.25, 0.3) is 0 Å². The SMILES string of the molecule is CC1OCCC1NCc1cnn(-c2ccccc2)c1. The van der Waals surface area contributed by atoms with Crippen molar-refractivity contribution in [2.24, 2.45) is 0 Å². The first-order valence-corrected chi connectivity index (χ1v) is 6.77. The molecule has 19 heavy (non-hydrogen) atoms. The Bertz CT molecular complexity index is 523. The Kier molecular flexibility index (Phi) is 3.62. The highest BCUT2D eigenvalue weighted by atomic mass is 16.5. The number of hydrogen-bond acceptors (Lipinski definition) is 3. The monoisotopic (exact) mass is 257 g/mol. The molecule has 2 unspecified atom stereocenters. The van der Waals surface area contributed by atoms with E-state index in [1.807, 2.05) is 29.1 Å². The molecule has 4 nitrogen and oxygen atoms in total. The zero-order valence-electron chi connectivity index (χ0n) is 11.1. The molecule has 1 saturated heterocycles. The fourth-order valence-electron chi connectivity index (χ4n) is 2.42. The second-order valence-corrected chi connectivity index (χ2v) is 4.98. The van der Waals surface area contributed by atoms with Crippen molar-refractivity contribution in [2.75, 3.05) is 6.61 Å². The molecule has 2 heterocycles. The van der Waals surface area contributed by atoms with Crippen LogP contribution in [-0.2, 0) is 11.3 Å². The van der Waals surface area contributed by atoms with Gasteiger partial charge in [-0.15, -0.1) is 0 Å². The van der Waals surface area contributed by atoms with Crippen molar-refractivity contribution in [3.8, 4) is 5.69 Å².